The highest BCUT2D eigenvalue weighted by Crippen LogP contribution is 2.31. The van der Waals surface area contributed by atoms with E-state index in [0.717, 1.165) is 50.2 Å². The van der Waals surface area contributed by atoms with Crippen molar-refractivity contribution in [2.75, 3.05) is 19.6 Å². The molecular formula is C25H24F2N6. The van der Waals surface area contributed by atoms with Gasteiger partial charge in [-0.2, -0.15) is 5.10 Å². The molecule has 1 saturated heterocycles. The standard InChI is InChI=1S/C25H24F2N6/c1-3-16(14-33-9-7-25(26,27)15-33)10-17(4-2)20-12-19-22(13-29-20)31-32-23(19)21-11-18-6-5-8-28-24(18)30-21/h3-6,8,10-13H,1,7,9,14-15H2,2H3,(H,28,30)(H,31,32)/b16-10+,17-4+. The summed E-state index contributed by atoms with van der Waals surface area (Å²) in [6.07, 6.45) is 9.05. The van der Waals surface area contributed by atoms with Gasteiger partial charge in [0.15, 0.2) is 0 Å². The minimum Gasteiger partial charge on any atom is -0.338 e. The number of aromatic nitrogens is 5. The van der Waals surface area contributed by atoms with Gasteiger partial charge in [-0.05, 0) is 48.4 Å². The van der Waals surface area contributed by atoms with Crippen molar-refractivity contribution in [1.82, 2.24) is 30.0 Å². The van der Waals surface area contributed by atoms with Crippen LogP contribution < -0.4 is 0 Å². The Morgan fingerprint density at radius 2 is 2.18 bits per heavy atom. The Hall–Kier alpha value is -3.65. The van der Waals surface area contributed by atoms with Gasteiger partial charge in [-0.1, -0.05) is 18.7 Å². The van der Waals surface area contributed by atoms with Crippen LogP contribution in [-0.2, 0) is 0 Å². The fourth-order valence-corrected chi connectivity index (χ4v) is 4.24. The fourth-order valence-electron chi connectivity index (χ4n) is 4.24. The molecule has 0 saturated carbocycles. The van der Waals surface area contributed by atoms with Gasteiger partial charge < -0.3 is 4.98 Å². The quantitative estimate of drug-likeness (QED) is 0.391. The smallest absolute Gasteiger partial charge is 0.261 e. The molecule has 0 aromatic carbocycles. The first-order chi connectivity index (χ1) is 16.0. The summed E-state index contributed by atoms with van der Waals surface area (Å²) in [5, 5.41) is 9.48. The van der Waals surface area contributed by atoms with Crippen LogP contribution in [0.5, 0.6) is 0 Å². The number of nitrogens with zero attached hydrogens (tertiary/aromatic N) is 4. The van der Waals surface area contributed by atoms with Gasteiger partial charge in [-0.25, -0.2) is 13.8 Å². The summed E-state index contributed by atoms with van der Waals surface area (Å²) in [4.78, 5) is 14.0. The number of H-pyrrole nitrogens is 2. The second-order valence-corrected chi connectivity index (χ2v) is 8.30. The summed E-state index contributed by atoms with van der Waals surface area (Å²) in [6, 6.07) is 7.91. The van der Waals surface area contributed by atoms with Crippen molar-refractivity contribution in [2.45, 2.75) is 19.3 Å². The van der Waals surface area contributed by atoms with E-state index in [-0.39, 0.29) is 13.0 Å². The SMILES string of the molecule is C=C/C(=C\C(=C/C)c1cc2c(-c3cc4cccnc4[nH]3)n[nH]c2cn1)CN1CCC(F)(F)C1. The van der Waals surface area contributed by atoms with Gasteiger partial charge in [-0.3, -0.25) is 15.0 Å². The summed E-state index contributed by atoms with van der Waals surface area (Å²) in [7, 11) is 0. The molecule has 2 N–H and O–H groups in total. The Labute approximate surface area is 189 Å². The molecule has 5 rings (SSSR count). The number of aromatic amines is 2. The average Bonchev–Trinajstić information content (AvgIpc) is 3.51. The van der Waals surface area contributed by atoms with Crippen LogP contribution in [0, 0.1) is 0 Å². The highest BCUT2D eigenvalue weighted by molar-refractivity contribution is 5.96. The summed E-state index contributed by atoms with van der Waals surface area (Å²) in [6.45, 7) is 6.41. The van der Waals surface area contributed by atoms with Crippen LogP contribution in [0.25, 0.3) is 38.9 Å². The maximum absolute atomic E-state index is 13.6. The van der Waals surface area contributed by atoms with Gasteiger partial charge in [0.05, 0.1) is 29.6 Å². The third-order valence-corrected chi connectivity index (χ3v) is 5.96. The number of hydrogen-bond acceptors (Lipinski definition) is 4. The number of nitrogens with one attached hydrogen (secondary N) is 2. The minimum atomic E-state index is -2.61. The highest BCUT2D eigenvalue weighted by atomic mass is 19.3. The van der Waals surface area contributed by atoms with Gasteiger partial charge in [0.1, 0.15) is 11.3 Å². The monoisotopic (exact) mass is 446 g/mol. The van der Waals surface area contributed by atoms with Crippen LogP contribution in [0.2, 0.25) is 0 Å². The second kappa shape index (κ2) is 8.37. The predicted molar refractivity (Wildman–Crippen MR) is 127 cm³/mol. The number of alkyl halides is 2. The lowest BCUT2D eigenvalue weighted by Crippen LogP contribution is -2.26. The molecule has 0 radical (unpaired) electrons. The third-order valence-electron chi connectivity index (χ3n) is 5.96. The van der Waals surface area contributed by atoms with E-state index >= 15 is 0 Å². The lowest BCUT2D eigenvalue weighted by molar-refractivity contribution is 0.0131. The normalized spacial score (nSPS) is 17.3. The van der Waals surface area contributed by atoms with E-state index < -0.39 is 5.92 Å². The largest absolute Gasteiger partial charge is 0.338 e. The van der Waals surface area contributed by atoms with E-state index in [9.17, 15) is 8.78 Å². The Morgan fingerprint density at radius 3 is 2.91 bits per heavy atom. The number of halogens is 2. The van der Waals surface area contributed by atoms with E-state index in [2.05, 4.69) is 31.7 Å². The molecule has 0 amide bonds. The van der Waals surface area contributed by atoms with Crippen LogP contribution in [0.15, 0.2) is 67.0 Å². The van der Waals surface area contributed by atoms with Crippen molar-refractivity contribution in [1.29, 1.82) is 0 Å². The van der Waals surface area contributed by atoms with Crippen molar-refractivity contribution >= 4 is 27.5 Å². The van der Waals surface area contributed by atoms with Gasteiger partial charge in [0.25, 0.3) is 5.92 Å². The number of hydrogen-bond donors (Lipinski definition) is 2. The van der Waals surface area contributed by atoms with E-state index in [1.165, 1.54) is 0 Å². The average molecular weight is 447 g/mol. The van der Waals surface area contributed by atoms with E-state index in [4.69, 9.17) is 0 Å². The third kappa shape index (κ3) is 4.21. The van der Waals surface area contributed by atoms with Gasteiger partial charge in [0.2, 0.25) is 0 Å². The molecule has 0 unspecified atom stereocenters. The Morgan fingerprint density at radius 1 is 1.30 bits per heavy atom. The zero-order valence-corrected chi connectivity index (χ0v) is 18.3. The summed E-state index contributed by atoms with van der Waals surface area (Å²) < 4.78 is 27.2. The Bertz CT molecular complexity index is 1360. The number of likely N-dealkylation sites (tertiary alicyclic amines) is 1. The predicted octanol–water partition coefficient (Wildman–Crippen LogP) is 5.36. The summed E-state index contributed by atoms with van der Waals surface area (Å²) in [5.41, 5.74) is 5.81. The van der Waals surface area contributed by atoms with Crippen LogP contribution in [0.1, 0.15) is 19.0 Å². The molecule has 0 spiro atoms. The first kappa shape index (κ1) is 21.2. The second-order valence-electron chi connectivity index (χ2n) is 8.30. The van der Waals surface area contributed by atoms with Crippen LogP contribution in [0.3, 0.4) is 0 Å². The molecular weight excluding hydrogens is 422 g/mol. The van der Waals surface area contributed by atoms with Crippen molar-refractivity contribution < 1.29 is 8.78 Å². The highest BCUT2D eigenvalue weighted by Gasteiger charge is 2.37. The minimum absolute atomic E-state index is 0.0986. The first-order valence-electron chi connectivity index (χ1n) is 10.8. The summed E-state index contributed by atoms with van der Waals surface area (Å²) >= 11 is 0. The lowest BCUT2D eigenvalue weighted by atomic mass is 10.0. The summed E-state index contributed by atoms with van der Waals surface area (Å²) in [5.74, 6) is -2.61. The molecule has 8 heteroatoms. The van der Waals surface area contributed by atoms with E-state index in [0.29, 0.717) is 13.1 Å². The maximum atomic E-state index is 13.6. The van der Waals surface area contributed by atoms with Crippen molar-refractivity contribution in [3.8, 4) is 11.4 Å². The Balaban J connectivity index is 1.47. The molecule has 0 bridgehead atoms. The van der Waals surface area contributed by atoms with Gasteiger partial charge in [0, 0.05) is 36.5 Å². The molecule has 6 nitrogen and oxygen atoms in total. The fraction of sp³-hybridized carbons (Fsp3) is 0.240. The maximum Gasteiger partial charge on any atom is 0.261 e. The molecule has 1 fully saturated rings. The van der Waals surface area contributed by atoms with Crippen LogP contribution in [0.4, 0.5) is 8.78 Å². The van der Waals surface area contributed by atoms with Gasteiger partial charge >= 0.3 is 0 Å². The molecule has 5 heterocycles. The molecule has 4 aromatic heterocycles. The number of allylic oxidation sites excluding steroid dienone is 3. The van der Waals surface area contributed by atoms with Crippen LogP contribution in [-0.4, -0.2) is 55.6 Å². The molecule has 0 aliphatic carbocycles. The van der Waals surface area contributed by atoms with Crippen molar-refractivity contribution in [2.24, 2.45) is 0 Å². The molecule has 4 aromatic rings. The molecule has 1 aliphatic rings. The van der Waals surface area contributed by atoms with E-state index in [1.807, 2.05) is 43.3 Å². The van der Waals surface area contributed by atoms with E-state index in [1.54, 1.807) is 23.4 Å². The Kier molecular flexibility index (Phi) is 5.38. The number of rotatable bonds is 6. The zero-order chi connectivity index (χ0) is 23.0. The van der Waals surface area contributed by atoms with Crippen LogP contribution >= 0.6 is 0 Å². The van der Waals surface area contributed by atoms with Crippen molar-refractivity contribution in [3.63, 3.8) is 0 Å². The lowest BCUT2D eigenvalue weighted by Gasteiger charge is -2.16. The topological polar surface area (TPSA) is 73.5 Å². The molecule has 0 atom stereocenters. The van der Waals surface area contributed by atoms with Gasteiger partial charge in [-0.15, -0.1) is 0 Å². The number of fused-ring (bicyclic) bond motifs is 2. The van der Waals surface area contributed by atoms with Crippen molar-refractivity contribution in [3.05, 3.63) is 72.7 Å². The zero-order valence-electron chi connectivity index (χ0n) is 18.3. The first-order valence-corrected chi connectivity index (χ1v) is 10.8. The molecule has 168 valence electrons. The molecule has 1 aliphatic heterocycles. The molecule has 33 heavy (non-hydrogen) atoms. The number of pyridine rings is 2.